The number of fused-ring (bicyclic) bond motifs is 1. The Labute approximate surface area is 180 Å². The Bertz CT molecular complexity index is 1150. The SMILES string of the molecule is Cc1ccc([C@H]2C3=C(CCCC3=O)Nc3nc(SCc4ccccc4C)nn32)cc1. The molecule has 2 aliphatic rings. The Balaban J connectivity index is 1.51. The highest BCUT2D eigenvalue weighted by Crippen LogP contribution is 2.40. The quantitative estimate of drug-likeness (QED) is 0.592. The van der Waals surface area contributed by atoms with Crippen LogP contribution in [-0.4, -0.2) is 20.5 Å². The molecule has 6 heteroatoms. The van der Waals surface area contributed by atoms with Gasteiger partial charge in [0.2, 0.25) is 11.1 Å². The third kappa shape index (κ3) is 3.45. The summed E-state index contributed by atoms with van der Waals surface area (Å²) in [6.45, 7) is 4.20. The summed E-state index contributed by atoms with van der Waals surface area (Å²) in [6, 6.07) is 16.6. The first kappa shape index (κ1) is 19.1. The minimum absolute atomic E-state index is 0.213. The summed E-state index contributed by atoms with van der Waals surface area (Å²) in [6.07, 6.45) is 2.36. The zero-order valence-corrected chi connectivity index (χ0v) is 18.0. The molecule has 5 nitrogen and oxygen atoms in total. The predicted molar refractivity (Wildman–Crippen MR) is 120 cm³/mol. The van der Waals surface area contributed by atoms with Crippen LogP contribution >= 0.6 is 11.8 Å². The first-order chi connectivity index (χ1) is 14.6. The van der Waals surface area contributed by atoms with E-state index in [-0.39, 0.29) is 11.8 Å². The number of hydrogen-bond acceptors (Lipinski definition) is 5. The average Bonchev–Trinajstić information content (AvgIpc) is 3.15. The number of thioether (sulfide) groups is 1. The van der Waals surface area contributed by atoms with Gasteiger partial charge in [-0.25, -0.2) is 4.68 Å². The van der Waals surface area contributed by atoms with E-state index in [1.165, 1.54) is 16.7 Å². The van der Waals surface area contributed by atoms with Gasteiger partial charge >= 0.3 is 0 Å². The smallest absolute Gasteiger partial charge is 0.227 e. The first-order valence-electron chi connectivity index (χ1n) is 10.3. The number of aryl methyl sites for hydroxylation is 2. The van der Waals surface area contributed by atoms with Crippen LogP contribution in [0.2, 0.25) is 0 Å². The maximum Gasteiger partial charge on any atom is 0.227 e. The summed E-state index contributed by atoms with van der Waals surface area (Å²) in [5.74, 6) is 1.75. The minimum atomic E-state index is -0.218. The summed E-state index contributed by atoms with van der Waals surface area (Å²) in [4.78, 5) is 17.6. The monoisotopic (exact) mass is 416 g/mol. The van der Waals surface area contributed by atoms with Gasteiger partial charge in [-0.05, 0) is 43.4 Å². The van der Waals surface area contributed by atoms with Crippen LogP contribution in [-0.2, 0) is 10.5 Å². The highest BCUT2D eigenvalue weighted by molar-refractivity contribution is 7.98. The summed E-state index contributed by atoms with van der Waals surface area (Å²) in [7, 11) is 0. The maximum atomic E-state index is 12.9. The minimum Gasteiger partial charge on any atom is -0.328 e. The molecule has 30 heavy (non-hydrogen) atoms. The number of benzene rings is 2. The molecule has 1 N–H and O–H groups in total. The summed E-state index contributed by atoms with van der Waals surface area (Å²) in [5, 5.41) is 8.95. The number of carbonyl (C=O) groups excluding carboxylic acids is 1. The Hall–Kier alpha value is -2.86. The third-order valence-electron chi connectivity index (χ3n) is 5.86. The van der Waals surface area contributed by atoms with Gasteiger partial charge in [-0.15, -0.1) is 5.10 Å². The molecule has 0 radical (unpaired) electrons. The number of nitrogens with one attached hydrogen (secondary N) is 1. The van der Waals surface area contributed by atoms with Crippen molar-refractivity contribution in [2.45, 2.75) is 50.1 Å². The van der Waals surface area contributed by atoms with Gasteiger partial charge < -0.3 is 5.32 Å². The lowest BCUT2D eigenvalue weighted by molar-refractivity contribution is -0.116. The summed E-state index contributed by atoms with van der Waals surface area (Å²) in [5.41, 5.74) is 6.68. The molecule has 0 unspecified atom stereocenters. The number of carbonyl (C=O) groups is 1. The molecule has 0 fully saturated rings. The number of hydrogen-bond donors (Lipinski definition) is 1. The molecule has 0 saturated heterocycles. The summed E-state index contributed by atoms with van der Waals surface area (Å²) < 4.78 is 1.90. The maximum absolute atomic E-state index is 12.9. The molecule has 2 heterocycles. The molecule has 152 valence electrons. The molecule has 0 saturated carbocycles. The van der Waals surface area contributed by atoms with Gasteiger partial charge in [-0.1, -0.05) is 65.9 Å². The lowest BCUT2D eigenvalue weighted by atomic mass is 9.85. The lowest BCUT2D eigenvalue weighted by Crippen LogP contribution is -2.31. The normalized spacial score (nSPS) is 18.1. The van der Waals surface area contributed by atoms with Crippen LogP contribution in [0.1, 0.15) is 47.6 Å². The van der Waals surface area contributed by atoms with E-state index in [9.17, 15) is 4.79 Å². The fraction of sp³-hybridized carbons (Fsp3) is 0.292. The third-order valence-corrected chi connectivity index (χ3v) is 6.75. The number of Topliss-reactive ketones (excluding diaryl/α,β-unsaturated/α-hetero) is 1. The second-order valence-electron chi connectivity index (χ2n) is 7.98. The van der Waals surface area contributed by atoms with Crippen LogP contribution in [0.3, 0.4) is 0 Å². The van der Waals surface area contributed by atoms with Crippen molar-refractivity contribution < 1.29 is 4.79 Å². The molecule has 2 aromatic carbocycles. The predicted octanol–water partition coefficient (Wildman–Crippen LogP) is 5.21. The molecule has 0 bridgehead atoms. The van der Waals surface area contributed by atoms with E-state index in [2.05, 4.69) is 67.7 Å². The van der Waals surface area contributed by atoms with E-state index >= 15 is 0 Å². The zero-order chi connectivity index (χ0) is 20.7. The Kier molecular flexibility index (Phi) is 4.95. The number of allylic oxidation sites excluding steroid dienone is 2. The molecule has 1 aliphatic heterocycles. The second-order valence-corrected chi connectivity index (χ2v) is 8.93. The number of anilines is 1. The molecule has 0 spiro atoms. The van der Waals surface area contributed by atoms with Gasteiger partial charge in [0, 0.05) is 23.4 Å². The van der Waals surface area contributed by atoms with E-state index in [1.807, 2.05) is 4.68 Å². The van der Waals surface area contributed by atoms with E-state index in [0.29, 0.717) is 6.42 Å². The first-order valence-corrected chi connectivity index (χ1v) is 11.3. The molecule has 1 aliphatic carbocycles. The topological polar surface area (TPSA) is 59.8 Å². The van der Waals surface area contributed by atoms with Crippen LogP contribution in [0.25, 0.3) is 0 Å². The standard InChI is InChI=1S/C24H24N4OS/c1-15-10-12-17(13-11-15)22-21-19(8-5-9-20(21)29)25-23-26-24(27-28(22)23)30-14-18-7-4-3-6-16(18)2/h3-4,6-7,10-13,22H,5,8-9,14H2,1-2H3,(H,25,26,27)/t22-/m0/s1. The van der Waals surface area contributed by atoms with E-state index in [1.54, 1.807) is 11.8 Å². The molecule has 1 aromatic heterocycles. The van der Waals surface area contributed by atoms with Crippen molar-refractivity contribution in [3.63, 3.8) is 0 Å². The van der Waals surface area contributed by atoms with Gasteiger partial charge in [0.1, 0.15) is 6.04 Å². The van der Waals surface area contributed by atoms with Gasteiger partial charge in [0.05, 0.1) is 0 Å². The van der Waals surface area contributed by atoms with Crippen LogP contribution < -0.4 is 5.32 Å². The molecule has 0 amide bonds. The Morgan fingerprint density at radius 1 is 1.10 bits per heavy atom. The lowest BCUT2D eigenvalue weighted by Gasteiger charge is -2.32. The molecule has 1 atom stereocenters. The number of rotatable bonds is 4. The highest BCUT2D eigenvalue weighted by atomic mass is 32.2. The van der Waals surface area contributed by atoms with E-state index in [4.69, 9.17) is 10.1 Å². The molecular formula is C24H24N4OS. The van der Waals surface area contributed by atoms with Gasteiger partial charge in [0.15, 0.2) is 5.78 Å². The van der Waals surface area contributed by atoms with Crippen LogP contribution in [0.4, 0.5) is 5.95 Å². The molecule has 5 rings (SSSR count). The number of aromatic nitrogens is 3. The number of nitrogens with zero attached hydrogens (tertiary/aromatic N) is 3. The van der Waals surface area contributed by atoms with Gasteiger partial charge in [0.25, 0.3) is 0 Å². The van der Waals surface area contributed by atoms with Gasteiger partial charge in [-0.2, -0.15) is 4.98 Å². The summed E-state index contributed by atoms with van der Waals surface area (Å²) >= 11 is 1.63. The van der Waals surface area contributed by atoms with Gasteiger partial charge in [-0.3, -0.25) is 4.79 Å². The van der Waals surface area contributed by atoms with E-state index in [0.717, 1.165) is 46.5 Å². The Morgan fingerprint density at radius 3 is 2.70 bits per heavy atom. The number of ketones is 1. The average molecular weight is 417 g/mol. The second kappa shape index (κ2) is 7.76. The zero-order valence-electron chi connectivity index (χ0n) is 17.2. The van der Waals surface area contributed by atoms with E-state index < -0.39 is 0 Å². The van der Waals surface area contributed by atoms with Crippen molar-refractivity contribution in [2.24, 2.45) is 0 Å². The van der Waals surface area contributed by atoms with Crippen LogP contribution in [0, 0.1) is 13.8 Å². The van der Waals surface area contributed by atoms with Crippen molar-refractivity contribution in [1.82, 2.24) is 14.8 Å². The highest BCUT2D eigenvalue weighted by Gasteiger charge is 2.36. The fourth-order valence-electron chi connectivity index (χ4n) is 4.17. The fourth-order valence-corrected chi connectivity index (χ4v) is 5.07. The molecular weight excluding hydrogens is 392 g/mol. The largest absolute Gasteiger partial charge is 0.328 e. The van der Waals surface area contributed by atoms with Crippen molar-refractivity contribution in [1.29, 1.82) is 0 Å². The van der Waals surface area contributed by atoms with Crippen molar-refractivity contribution in [3.8, 4) is 0 Å². The van der Waals surface area contributed by atoms with Crippen molar-refractivity contribution in [2.75, 3.05) is 5.32 Å². The Morgan fingerprint density at radius 2 is 1.90 bits per heavy atom. The van der Waals surface area contributed by atoms with Crippen LogP contribution in [0.15, 0.2) is 65.0 Å². The molecule has 3 aromatic rings. The van der Waals surface area contributed by atoms with Crippen molar-refractivity contribution in [3.05, 3.63) is 82.1 Å². The van der Waals surface area contributed by atoms with Crippen LogP contribution in [0.5, 0.6) is 0 Å². The van der Waals surface area contributed by atoms with Crippen molar-refractivity contribution >= 4 is 23.5 Å².